The van der Waals surface area contributed by atoms with E-state index in [9.17, 15) is 33.9 Å². The van der Waals surface area contributed by atoms with Crippen LogP contribution in [0.15, 0.2) is 48.5 Å². The molecule has 344 valence electrons. The minimum Gasteiger partial charge on any atom is -0.480 e. The number of amides is 3. The molecule has 0 saturated heterocycles. The van der Waals surface area contributed by atoms with E-state index in [2.05, 4.69) is 16.0 Å². The number of hydrogen-bond donors (Lipinski definition) is 4. The van der Waals surface area contributed by atoms with Crippen LogP contribution in [0, 0.1) is 0 Å². The fourth-order valence-electron chi connectivity index (χ4n) is 7.52. The van der Waals surface area contributed by atoms with Gasteiger partial charge in [0.05, 0.1) is 0 Å². The minimum atomic E-state index is -1.47. The molecular weight excluding hydrogens is 791 g/mol. The van der Waals surface area contributed by atoms with E-state index in [0.29, 0.717) is 12.8 Å². The Kier molecular flexibility index (Phi) is 22.0. The molecule has 13 nitrogen and oxygen atoms in total. The summed E-state index contributed by atoms with van der Waals surface area (Å²) in [5.74, 6) is -3.19. The monoisotopic (exact) mass is 864 g/mol. The Morgan fingerprint density at radius 3 is 1.53 bits per heavy atom. The number of benzene rings is 2. The van der Waals surface area contributed by atoms with Crippen molar-refractivity contribution in [1.29, 1.82) is 0 Å². The lowest BCUT2D eigenvalue weighted by Crippen LogP contribution is -2.49. The van der Waals surface area contributed by atoms with E-state index in [1.54, 1.807) is 20.8 Å². The van der Waals surface area contributed by atoms with Gasteiger partial charge in [0.25, 0.3) is 0 Å². The van der Waals surface area contributed by atoms with Gasteiger partial charge in [0.2, 0.25) is 11.8 Å². The molecule has 0 heterocycles. The predicted molar refractivity (Wildman–Crippen MR) is 239 cm³/mol. The van der Waals surface area contributed by atoms with Crippen molar-refractivity contribution in [3.05, 3.63) is 59.7 Å². The van der Waals surface area contributed by atoms with Gasteiger partial charge in [-0.15, -0.1) is 0 Å². The van der Waals surface area contributed by atoms with E-state index in [-0.39, 0.29) is 43.7 Å². The second-order valence-electron chi connectivity index (χ2n) is 18.4. The van der Waals surface area contributed by atoms with Gasteiger partial charge >= 0.3 is 24.0 Å². The van der Waals surface area contributed by atoms with Crippen LogP contribution in [0.3, 0.4) is 0 Å². The topological polar surface area (TPSA) is 186 Å². The average Bonchev–Trinajstić information content (AvgIpc) is 3.51. The Bertz CT molecular complexity index is 1700. The van der Waals surface area contributed by atoms with Crippen molar-refractivity contribution in [1.82, 2.24) is 16.0 Å². The van der Waals surface area contributed by atoms with Gasteiger partial charge in [-0.05, 0) is 83.1 Å². The van der Waals surface area contributed by atoms with E-state index < -0.39 is 53.8 Å². The Balaban J connectivity index is 1.29. The number of rotatable bonds is 28. The van der Waals surface area contributed by atoms with E-state index in [1.807, 2.05) is 69.3 Å². The fourth-order valence-corrected chi connectivity index (χ4v) is 7.52. The molecule has 2 unspecified atom stereocenters. The predicted octanol–water partition coefficient (Wildman–Crippen LogP) is 9.28. The van der Waals surface area contributed by atoms with Crippen molar-refractivity contribution in [2.24, 2.45) is 0 Å². The van der Waals surface area contributed by atoms with Gasteiger partial charge < -0.3 is 35.3 Å². The molecule has 13 heteroatoms. The number of aliphatic carboxylic acids is 1. The molecule has 1 aliphatic carbocycles. The number of carboxylic acid groups (broad SMARTS) is 1. The fraction of sp³-hybridized carbons (Fsp3) is 0.633. The first kappa shape index (κ1) is 51.4. The van der Waals surface area contributed by atoms with Crippen molar-refractivity contribution in [3.63, 3.8) is 0 Å². The van der Waals surface area contributed by atoms with Crippen LogP contribution in [0.4, 0.5) is 4.79 Å². The number of carbonyl (C=O) groups excluding carboxylic acids is 5. The maximum absolute atomic E-state index is 13.0. The maximum Gasteiger partial charge on any atom is 0.407 e. The number of fused-ring (bicyclic) bond motifs is 3. The highest BCUT2D eigenvalue weighted by Crippen LogP contribution is 2.44. The molecule has 0 fully saturated rings. The molecule has 0 aromatic heterocycles. The van der Waals surface area contributed by atoms with Crippen LogP contribution >= 0.6 is 0 Å². The third-order valence-corrected chi connectivity index (χ3v) is 10.6. The largest absolute Gasteiger partial charge is 0.480 e. The quantitative estimate of drug-likeness (QED) is 0.0365. The van der Waals surface area contributed by atoms with Crippen molar-refractivity contribution in [3.8, 4) is 11.1 Å². The highest BCUT2D eigenvalue weighted by Gasteiger charge is 2.31. The van der Waals surface area contributed by atoms with Crippen molar-refractivity contribution in [2.45, 2.75) is 186 Å². The van der Waals surface area contributed by atoms with Crippen LogP contribution in [0.1, 0.15) is 174 Å². The Morgan fingerprint density at radius 2 is 1.05 bits per heavy atom. The number of hydrogen-bond acceptors (Lipinski definition) is 9. The summed E-state index contributed by atoms with van der Waals surface area (Å²) in [6, 6.07) is 13.2. The van der Waals surface area contributed by atoms with Crippen LogP contribution in [-0.2, 0) is 38.2 Å². The lowest BCUT2D eigenvalue weighted by atomic mass is 9.98. The first-order chi connectivity index (χ1) is 29.4. The molecule has 0 spiro atoms. The highest BCUT2D eigenvalue weighted by molar-refractivity contribution is 5.86. The van der Waals surface area contributed by atoms with Crippen LogP contribution < -0.4 is 16.0 Å². The van der Waals surface area contributed by atoms with Crippen LogP contribution in [0.5, 0.6) is 0 Å². The maximum atomic E-state index is 13.0. The molecular formula is C49H73N3O10. The summed E-state index contributed by atoms with van der Waals surface area (Å²) < 4.78 is 16.3. The van der Waals surface area contributed by atoms with Crippen LogP contribution in [0.2, 0.25) is 0 Å². The van der Waals surface area contributed by atoms with Crippen molar-refractivity contribution in [2.75, 3.05) is 13.2 Å². The summed E-state index contributed by atoms with van der Waals surface area (Å²) in [7, 11) is 0. The average molecular weight is 864 g/mol. The Labute approximate surface area is 369 Å². The molecule has 62 heavy (non-hydrogen) atoms. The lowest BCUT2D eigenvalue weighted by Gasteiger charge is -2.24. The summed E-state index contributed by atoms with van der Waals surface area (Å²) in [4.78, 5) is 75.2. The first-order valence-corrected chi connectivity index (χ1v) is 22.8. The van der Waals surface area contributed by atoms with Gasteiger partial charge in [-0.25, -0.2) is 14.4 Å². The van der Waals surface area contributed by atoms with Gasteiger partial charge in [-0.1, -0.05) is 126 Å². The zero-order valence-corrected chi connectivity index (χ0v) is 38.1. The first-order valence-electron chi connectivity index (χ1n) is 22.8. The van der Waals surface area contributed by atoms with Gasteiger partial charge in [0.15, 0.2) is 0 Å². The molecule has 0 saturated carbocycles. The SMILES string of the molecule is CC(C)(C)OC(=O)CCCCCCCCCCCCCCCCC(=O)NC(CCC(=O)NCC(NC(=O)OCC1c2ccccc2-c2ccccc21)C(=O)O)C(=O)OC(C)(C)C. The van der Waals surface area contributed by atoms with Crippen LogP contribution in [-0.4, -0.2) is 77.4 Å². The van der Waals surface area contributed by atoms with Gasteiger partial charge in [-0.3, -0.25) is 14.4 Å². The lowest BCUT2D eigenvalue weighted by molar-refractivity contribution is -0.159. The molecule has 2 aromatic rings. The second kappa shape index (κ2) is 26.5. The molecule has 0 bridgehead atoms. The summed E-state index contributed by atoms with van der Waals surface area (Å²) in [6.07, 6.45) is 14.9. The molecule has 0 radical (unpaired) electrons. The number of carbonyl (C=O) groups is 6. The third-order valence-electron chi connectivity index (χ3n) is 10.6. The van der Waals surface area contributed by atoms with Crippen LogP contribution in [0.25, 0.3) is 11.1 Å². The molecule has 3 amide bonds. The van der Waals surface area contributed by atoms with Crippen molar-refractivity contribution >= 4 is 35.8 Å². The molecule has 2 aromatic carbocycles. The van der Waals surface area contributed by atoms with Gasteiger partial charge in [0, 0.05) is 31.7 Å². The zero-order chi connectivity index (χ0) is 45.5. The van der Waals surface area contributed by atoms with E-state index in [1.165, 1.54) is 44.9 Å². The minimum absolute atomic E-state index is 0.00113. The number of unbranched alkanes of at least 4 members (excludes halogenated alkanes) is 13. The molecule has 2 atom stereocenters. The normalized spacial score (nSPS) is 13.3. The van der Waals surface area contributed by atoms with Gasteiger partial charge in [0.1, 0.15) is 29.9 Å². The number of ether oxygens (including phenoxy) is 3. The van der Waals surface area contributed by atoms with E-state index in [4.69, 9.17) is 14.2 Å². The third kappa shape index (κ3) is 20.3. The van der Waals surface area contributed by atoms with E-state index in [0.717, 1.165) is 60.8 Å². The van der Waals surface area contributed by atoms with Gasteiger partial charge in [-0.2, -0.15) is 0 Å². The second-order valence-corrected chi connectivity index (χ2v) is 18.4. The van der Waals surface area contributed by atoms with Crippen molar-refractivity contribution < 1.29 is 48.1 Å². The summed E-state index contributed by atoms with van der Waals surface area (Å²) in [5.41, 5.74) is 2.93. The molecule has 0 aliphatic heterocycles. The highest BCUT2D eigenvalue weighted by atomic mass is 16.6. The zero-order valence-electron chi connectivity index (χ0n) is 38.1. The number of alkyl carbamates (subject to hydrolysis) is 1. The Hall–Kier alpha value is -4.94. The standard InChI is InChI=1S/C49H73N3O10/c1-48(2,3)61-44(55)30-20-18-16-14-12-10-8-7-9-11-13-15-17-19-29-43(54)51-40(46(58)62-49(4,5)6)31-32-42(53)50-33-41(45(56)57)52-47(59)60-34-39-37-27-23-21-25-35(37)36-26-22-24-28-38(36)39/h21-28,39-41H,7-20,29-34H2,1-6H3,(H,50,53)(H,51,54)(H,52,59)(H,56,57). The smallest absolute Gasteiger partial charge is 0.407 e. The summed E-state index contributed by atoms with van der Waals surface area (Å²) >= 11 is 0. The molecule has 1 aliphatic rings. The number of carboxylic acids is 1. The molecule has 3 rings (SSSR count). The summed E-state index contributed by atoms with van der Waals surface area (Å²) in [5, 5.41) is 17.3. The molecule has 4 N–H and O–H groups in total. The number of nitrogens with one attached hydrogen (secondary N) is 3. The number of esters is 2. The summed E-state index contributed by atoms with van der Waals surface area (Å²) in [6.45, 7) is 10.4. The van der Waals surface area contributed by atoms with E-state index >= 15 is 0 Å². The Morgan fingerprint density at radius 1 is 0.581 bits per heavy atom.